The number of methoxy groups -OCH3 is 1. The topological polar surface area (TPSA) is 100 Å². The molecule has 8 nitrogen and oxygen atoms in total. The minimum absolute atomic E-state index is 0.0314. The van der Waals surface area contributed by atoms with Crippen LogP contribution in [-0.2, 0) is 29.3 Å². The highest BCUT2D eigenvalue weighted by Gasteiger charge is 2.57. The molecule has 2 fully saturated rings. The lowest BCUT2D eigenvalue weighted by Crippen LogP contribution is -2.42. The third-order valence-corrected chi connectivity index (χ3v) is 9.40. The van der Waals surface area contributed by atoms with Gasteiger partial charge in [0.1, 0.15) is 30.4 Å². The summed E-state index contributed by atoms with van der Waals surface area (Å²) in [5.74, 6) is 2.93. The van der Waals surface area contributed by atoms with Gasteiger partial charge < -0.3 is 14.3 Å². The average Bonchev–Trinajstić information content (AvgIpc) is 3.26. The second kappa shape index (κ2) is 11.0. The van der Waals surface area contributed by atoms with Gasteiger partial charge in [0, 0.05) is 24.0 Å². The lowest BCUT2D eigenvalue weighted by molar-refractivity contribution is -0.384. The molecule has 3 aromatic rings. The Morgan fingerprint density at radius 3 is 2.41 bits per heavy atom. The van der Waals surface area contributed by atoms with Gasteiger partial charge in [0.15, 0.2) is 5.78 Å². The van der Waals surface area contributed by atoms with Gasteiger partial charge in [-0.1, -0.05) is 30.3 Å². The van der Waals surface area contributed by atoms with Crippen molar-refractivity contribution >= 4 is 17.2 Å². The number of nitro groups is 1. The van der Waals surface area contributed by atoms with Crippen molar-refractivity contribution < 1.29 is 24.0 Å². The van der Waals surface area contributed by atoms with E-state index in [1.807, 2.05) is 24.3 Å². The second-order valence-electron chi connectivity index (χ2n) is 11.6. The molecule has 0 spiro atoms. The third-order valence-electron chi connectivity index (χ3n) is 9.40. The first kappa shape index (κ1) is 27.0. The number of non-ortho nitro benzene ring substituents is 1. The number of nitrogens with zero attached hydrogens (tertiary/aromatic N) is 2. The van der Waals surface area contributed by atoms with Crippen LogP contribution in [0.4, 0.5) is 5.69 Å². The Bertz CT molecular complexity index is 1480. The number of carbonyl (C=O) groups is 1. The molecule has 0 N–H and O–H groups in total. The smallest absolute Gasteiger partial charge is 0.269 e. The van der Waals surface area contributed by atoms with Crippen LogP contribution in [0.25, 0.3) is 0 Å². The number of hydrogen-bond acceptors (Lipinski definition) is 7. The van der Waals surface area contributed by atoms with Crippen LogP contribution in [-0.4, -0.2) is 23.5 Å². The number of aryl methyl sites for hydroxylation is 1. The second-order valence-corrected chi connectivity index (χ2v) is 11.6. The van der Waals surface area contributed by atoms with Crippen LogP contribution in [0.1, 0.15) is 60.8 Å². The molecular weight excluding hydrogens is 520 g/mol. The van der Waals surface area contributed by atoms with E-state index in [-0.39, 0.29) is 24.0 Å². The van der Waals surface area contributed by atoms with E-state index >= 15 is 0 Å². The molecule has 6 rings (SSSR count). The number of Topliss-reactive ketones (excluding diaryl/α,β-unsaturated/α-hetero) is 1. The number of oxime groups is 1. The summed E-state index contributed by atoms with van der Waals surface area (Å²) in [5, 5.41) is 15.2. The largest absolute Gasteiger partial charge is 0.497 e. The number of benzene rings is 3. The Morgan fingerprint density at radius 2 is 1.68 bits per heavy atom. The first-order chi connectivity index (χ1) is 19.9. The Morgan fingerprint density at radius 1 is 0.976 bits per heavy atom. The van der Waals surface area contributed by atoms with Gasteiger partial charge in [0.25, 0.3) is 5.69 Å². The first-order valence-corrected chi connectivity index (χ1v) is 14.2. The molecule has 212 valence electrons. The van der Waals surface area contributed by atoms with E-state index in [1.54, 1.807) is 19.2 Å². The molecule has 41 heavy (non-hydrogen) atoms. The minimum Gasteiger partial charge on any atom is -0.497 e. The fraction of sp³-hybridized carbons (Fsp3) is 0.394. The summed E-state index contributed by atoms with van der Waals surface area (Å²) in [5.41, 5.74) is 4.76. The lowest BCUT2D eigenvalue weighted by Gasteiger charge is -2.47. The molecule has 0 saturated heterocycles. The van der Waals surface area contributed by atoms with Crippen molar-refractivity contribution in [3.63, 3.8) is 0 Å². The standard InChI is InChI=1S/C33H34N2O6/c1-33-16-15-28-27-14-12-26(40-19-21-5-10-25(39-2)11-6-21)17-23(27)7-13-29(28)30(33)18-31(32(33)36)34-41-20-22-3-8-24(9-4-22)35(37)38/h3-6,8-12,14,17,28-30H,7,13,15-16,18-20H2,1-2H3/b34-31+/t28-,29-,30+,33+/m1/s1. The summed E-state index contributed by atoms with van der Waals surface area (Å²) >= 11 is 0. The predicted molar refractivity (Wildman–Crippen MR) is 154 cm³/mol. The summed E-state index contributed by atoms with van der Waals surface area (Å²) < 4.78 is 11.4. The third kappa shape index (κ3) is 5.19. The molecular formula is C33H34N2O6. The normalized spacial score (nSPS) is 25.7. The lowest BCUT2D eigenvalue weighted by atomic mass is 9.55. The van der Waals surface area contributed by atoms with Gasteiger partial charge >= 0.3 is 0 Å². The molecule has 0 radical (unpaired) electrons. The number of nitro benzene ring substituents is 1. The number of fused-ring (bicyclic) bond motifs is 5. The van der Waals surface area contributed by atoms with E-state index in [1.165, 1.54) is 23.3 Å². The van der Waals surface area contributed by atoms with Gasteiger partial charge in [-0.25, -0.2) is 0 Å². The van der Waals surface area contributed by atoms with Gasteiger partial charge in [-0.05, 0) is 102 Å². The Kier molecular flexibility index (Phi) is 7.24. The molecule has 0 aliphatic heterocycles. The van der Waals surface area contributed by atoms with Gasteiger partial charge in [-0.3, -0.25) is 14.9 Å². The fourth-order valence-corrected chi connectivity index (χ4v) is 7.12. The molecule has 8 heteroatoms. The van der Waals surface area contributed by atoms with Crippen molar-refractivity contribution in [3.05, 3.63) is 99.1 Å². The zero-order chi connectivity index (χ0) is 28.6. The molecule has 3 aliphatic carbocycles. The quantitative estimate of drug-likeness (QED) is 0.224. The van der Waals surface area contributed by atoms with Gasteiger partial charge in [0.2, 0.25) is 0 Å². The van der Waals surface area contributed by atoms with Crippen LogP contribution >= 0.6 is 0 Å². The highest BCUT2D eigenvalue weighted by molar-refractivity contribution is 6.43. The number of ether oxygens (including phenoxy) is 2. The van der Waals surface area contributed by atoms with Crippen molar-refractivity contribution in [2.24, 2.45) is 22.4 Å². The average molecular weight is 555 g/mol. The molecule has 0 unspecified atom stereocenters. The summed E-state index contributed by atoms with van der Waals surface area (Å²) in [4.78, 5) is 29.5. The summed E-state index contributed by atoms with van der Waals surface area (Å²) in [6.07, 6.45) is 4.48. The van der Waals surface area contributed by atoms with Crippen LogP contribution in [0.3, 0.4) is 0 Å². The van der Waals surface area contributed by atoms with Crippen LogP contribution in [0, 0.1) is 27.4 Å². The summed E-state index contributed by atoms with van der Waals surface area (Å²) in [6, 6.07) is 20.6. The van der Waals surface area contributed by atoms with Gasteiger partial charge in [0.05, 0.1) is 12.0 Å². The molecule has 0 amide bonds. The van der Waals surface area contributed by atoms with E-state index in [9.17, 15) is 14.9 Å². The zero-order valence-electron chi connectivity index (χ0n) is 23.4. The minimum atomic E-state index is -0.432. The molecule has 0 aromatic heterocycles. The van der Waals surface area contributed by atoms with Crippen molar-refractivity contribution in [1.82, 2.24) is 0 Å². The number of hydrogen-bond donors (Lipinski definition) is 0. The highest BCUT2D eigenvalue weighted by Crippen LogP contribution is 2.59. The van der Waals surface area contributed by atoms with Gasteiger partial charge in [-0.15, -0.1) is 0 Å². The van der Waals surface area contributed by atoms with Crippen molar-refractivity contribution in [2.75, 3.05) is 7.11 Å². The fourth-order valence-electron chi connectivity index (χ4n) is 7.12. The first-order valence-electron chi connectivity index (χ1n) is 14.2. The van der Waals surface area contributed by atoms with Crippen molar-refractivity contribution in [3.8, 4) is 11.5 Å². The van der Waals surface area contributed by atoms with E-state index in [2.05, 4.69) is 30.3 Å². The van der Waals surface area contributed by atoms with Crippen LogP contribution in [0.5, 0.6) is 11.5 Å². The Labute approximate surface area is 239 Å². The molecule has 0 bridgehead atoms. The zero-order valence-corrected chi connectivity index (χ0v) is 23.4. The van der Waals surface area contributed by atoms with Gasteiger partial charge in [-0.2, -0.15) is 0 Å². The summed E-state index contributed by atoms with van der Waals surface area (Å²) in [7, 11) is 1.66. The monoisotopic (exact) mass is 554 g/mol. The maximum absolute atomic E-state index is 13.5. The molecule has 4 atom stereocenters. The Hall–Kier alpha value is -4.20. The van der Waals surface area contributed by atoms with Crippen LogP contribution < -0.4 is 9.47 Å². The van der Waals surface area contributed by atoms with E-state index < -0.39 is 10.3 Å². The van der Waals surface area contributed by atoms with Crippen LogP contribution in [0.2, 0.25) is 0 Å². The summed E-state index contributed by atoms with van der Waals surface area (Å²) in [6.45, 7) is 2.78. The maximum Gasteiger partial charge on any atom is 0.269 e. The van der Waals surface area contributed by atoms with E-state index in [4.69, 9.17) is 14.3 Å². The Balaban J connectivity index is 1.11. The number of carbonyl (C=O) groups excluding carboxylic acids is 1. The SMILES string of the molecule is COc1ccc(COc2ccc3c(c2)CC[C@@H]2[C@@H]3CC[C@]3(C)C(=O)/C(=N/OCc4ccc([N+](=O)[O-])cc4)C[C@@H]23)cc1. The molecule has 3 aromatic carbocycles. The van der Waals surface area contributed by atoms with E-state index in [0.717, 1.165) is 48.3 Å². The van der Waals surface area contributed by atoms with Crippen molar-refractivity contribution in [2.45, 2.75) is 58.2 Å². The van der Waals surface area contributed by atoms with E-state index in [0.29, 0.717) is 30.6 Å². The molecule has 3 aliphatic rings. The highest BCUT2D eigenvalue weighted by atomic mass is 16.6. The predicted octanol–water partition coefficient (Wildman–Crippen LogP) is 6.79. The number of rotatable bonds is 8. The van der Waals surface area contributed by atoms with Crippen molar-refractivity contribution in [1.29, 1.82) is 0 Å². The number of ketones is 1. The molecule has 2 saturated carbocycles. The van der Waals surface area contributed by atoms with Crippen LogP contribution in [0.15, 0.2) is 71.9 Å². The molecule has 0 heterocycles. The maximum atomic E-state index is 13.5.